The SMILES string of the molecule is CCCNC(=O)C1CCCC1(C)C. The molecule has 1 amide bonds. The number of nitrogens with one attached hydrogen (secondary N) is 1. The predicted octanol–water partition coefficient (Wildman–Crippen LogP) is 2.34. The van der Waals surface area contributed by atoms with Crippen LogP contribution in [-0.2, 0) is 4.79 Å². The third-order valence-corrected chi connectivity index (χ3v) is 3.12. The molecule has 0 radical (unpaired) electrons. The molecule has 0 spiro atoms. The van der Waals surface area contributed by atoms with Crippen LogP contribution in [0.5, 0.6) is 0 Å². The summed E-state index contributed by atoms with van der Waals surface area (Å²) in [6.45, 7) is 7.32. The highest BCUT2D eigenvalue weighted by Gasteiger charge is 2.38. The molecule has 1 saturated carbocycles. The van der Waals surface area contributed by atoms with E-state index in [0.29, 0.717) is 0 Å². The Hall–Kier alpha value is -0.530. The van der Waals surface area contributed by atoms with Gasteiger partial charge in [-0.15, -0.1) is 0 Å². The van der Waals surface area contributed by atoms with Crippen molar-refractivity contribution in [2.45, 2.75) is 46.5 Å². The molecule has 76 valence electrons. The Balaban J connectivity index is 2.46. The number of hydrogen-bond acceptors (Lipinski definition) is 1. The first-order chi connectivity index (χ1) is 6.08. The lowest BCUT2D eigenvalue weighted by Gasteiger charge is -2.25. The summed E-state index contributed by atoms with van der Waals surface area (Å²) >= 11 is 0. The Labute approximate surface area is 81.1 Å². The first-order valence-corrected chi connectivity index (χ1v) is 5.35. The lowest BCUT2D eigenvalue weighted by atomic mass is 9.81. The van der Waals surface area contributed by atoms with E-state index in [4.69, 9.17) is 0 Å². The molecule has 0 heterocycles. The van der Waals surface area contributed by atoms with Gasteiger partial charge in [0.25, 0.3) is 0 Å². The molecular formula is C11H21NO. The van der Waals surface area contributed by atoms with Crippen LogP contribution in [0.1, 0.15) is 46.5 Å². The topological polar surface area (TPSA) is 29.1 Å². The zero-order valence-corrected chi connectivity index (χ0v) is 9.02. The normalized spacial score (nSPS) is 25.9. The fourth-order valence-electron chi connectivity index (χ4n) is 2.18. The maximum Gasteiger partial charge on any atom is 0.223 e. The van der Waals surface area contributed by atoms with Crippen molar-refractivity contribution in [3.8, 4) is 0 Å². The number of hydrogen-bond donors (Lipinski definition) is 1. The van der Waals surface area contributed by atoms with Crippen molar-refractivity contribution in [1.82, 2.24) is 5.32 Å². The number of carbonyl (C=O) groups excluding carboxylic acids is 1. The molecule has 2 nitrogen and oxygen atoms in total. The molecule has 1 N–H and O–H groups in total. The second-order valence-electron chi connectivity index (χ2n) is 4.72. The van der Waals surface area contributed by atoms with Gasteiger partial charge in [-0.3, -0.25) is 4.79 Å². The molecule has 0 aromatic heterocycles. The predicted molar refractivity (Wildman–Crippen MR) is 54.4 cm³/mol. The lowest BCUT2D eigenvalue weighted by molar-refractivity contribution is -0.127. The van der Waals surface area contributed by atoms with Crippen LogP contribution in [0.4, 0.5) is 0 Å². The Kier molecular flexibility index (Phi) is 3.34. The highest BCUT2D eigenvalue weighted by Crippen LogP contribution is 2.42. The first kappa shape index (κ1) is 10.6. The van der Waals surface area contributed by atoms with E-state index >= 15 is 0 Å². The van der Waals surface area contributed by atoms with Crippen molar-refractivity contribution >= 4 is 5.91 Å². The van der Waals surface area contributed by atoms with Gasteiger partial charge in [0.1, 0.15) is 0 Å². The average Bonchev–Trinajstić information content (AvgIpc) is 2.41. The molecule has 0 aromatic carbocycles. The van der Waals surface area contributed by atoms with Gasteiger partial charge in [0, 0.05) is 12.5 Å². The molecule has 13 heavy (non-hydrogen) atoms. The van der Waals surface area contributed by atoms with Crippen molar-refractivity contribution in [2.24, 2.45) is 11.3 Å². The molecule has 0 aliphatic heterocycles. The number of amides is 1. The molecule has 1 aliphatic rings. The van der Waals surface area contributed by atoms with Gasteiger partial charge in [-0.2, -0.15) is 0 Å². The number of rotatable bonds is 3. The summed E-state index contributed by atoms with van der Waals surface area (Å²) < 4.78 is 0. The van der Waals surface area contributed by atoms with Crippen LogP contribution in [-0.4, -0.2) is 12.5 Å². The van der Waals surface area contributed by atoms with Crippen molar-refractivity contribution in [3.05, 3.63) is 0 Å². The average molecular weight is 183 g/mol. The molecule has 0 saturated heterocycles. The Morgan fingerprint density at radius 1 is 1.54 bits per heavy atom. The minimum absolute atomic E-state index is 0.220. The summed E-state index contributed by atoms with van der Waals surface area (Å²) in [5, 5.41) is 2.99. The Morgan fingerprint density at radius 3 is 2.69 bits per heavy atom. The molecule has 1 fully saturated rings. The van der Waals surface area contributed by atoms with Crippen LogP contribution in [0, 0.1) is 11.3 Å². The van der Waals surface area contributed by atoms with Crippen molar-refractivity contribution in [2.75, 3.05) is 6.54 Å². The zero-order chi connectivity index (χ0) is 9.90. The standard InChI is InChI=1S/C11H21NO/c1-4-8-12-10(13)9-6-5-7-11(9,2)3/h9H,4-8H2,1-3H3,(H,12,13). The van der Waals surface area contributed by atoms with Crippen molar-refractivity contribution in [1.29, 1.82) is 0 Å². The monoisotopic (exact) mass is 183 g/mol. The van der Waals surface area contributed by atoms with Gasteiger partial charge in [-0.05, 0) is 24.7 Å². The summed E-state index contributed by atoms with van der Waals surface area (Å²) in [5.41, 5.74) is 0.220. The fraction of sp³-hybridized carbons (Fsp3) is 0.909. The van der Waals surface area contributed by atoms with Gasteiger partial charge < -0.3 is 5.32 Å². The third kappa shape index (κ3) is 2.45. The highest BCUT2D eigenvalue weighted by atomic mass is 16.1. The Morgan fingerprint density at radius 2 is 2.23 bits per heavy atom. The lowest BCUT2D eigenvalue weighted by Crippen LogP contribution is -2.36. The quantitative estimate of drug-likeness (QED) is 0.715. The largest absolute Gasteiger partial charge is 0.356 e. The molecule has 1 atom stereocenters. The summed E-state index contributed by atoms with van der Waals surface area (Å²) in [6, 6.07) is 0. The van der Waals surface area contributed by atoms with Gasteiger partial charge in [0.15, 0.2) is 0 Å². The maximum absolute atomic E-state index is 11.7. The minimum Gasteiger partial charge on any atom is -0.356 e. The van der Waals surface area contributed by atoms with Crippen LogP contribution in [0.3, 0.4) is 0 Å². The van der Waals surface area contributed by atoms with E-state index < -0.39 is 0 Å². The van der Waals surface area contributed by atoms with Gasteiger partial charge in [-0.1, -0.05) is 27.2 Å². The van der Waals surface area contributed by atoms with Crippen LogP contribution in [0.25, 0.3) is 0 Å². The molecule has 1 unspecified atom stereocenters. The highest BCUT2D eigenvalue weighted by molar-refractivity contribution is 5.79. The van der Waals surface area contributed by atoms with Crippen LogP contribution < -0.4 is 5.32 Å². The summed E-state index contributed by atoms with van der Waals surface area (Å²) in [7, 11) is 0. The second-order valence-corrected chi connectivity index (χ2v) is 4.72. The summed E-state index contributed by atoms with van der Waals surface area (Å²) in [5.74, 6) is 0.517. The molecule has 0 bridgehead atoms. The van der Waals surface area contributed by atoms with E-state index in [2.05, 4.69) is 26.1 Å². The zero-order valence-electron chi connectivity index (χ0n) is 9.02. The molecule has 1 aliphatic carbocycles. The summed E-state index contributed by atoms with van der Waals surface area (Å²) in [6.07, 6.45) is 4.50. The van der Waals surface area contributed by atoms with Gasteiger partial charge in [0.05, 0.1) is 0 Å². The van der Waals surface area contributed by atoms with Crippen LogP contribution in [0.15, 0.2) is 0 Å². The molecule has 2 heteroatoms. The first-order valence-electron chi connectivity index (χ1n) is 5.35. The van der Waals surface area contributed by atoms with E-state index in [9.17, 15) is 4.79 Å². The van der Waals surface area contributed by atoms with E-state index in [1.807, 2.05) is 0 Å². The number of carbonyl (C=O) groups is 1. The maximum atomic E-state index is 11.7. The van der Waals surface area contributed by atoms with Crippen LogP contribution >= 0.6 is 0 Å². The molecule has 0 aromatic rings. The van der Waals surface area contributed by atoms with E-state index in [-0.39, 0.29) is 17.2 Å². The van der Waals surface area contributed by atoms with Crippen molar-refractivity contribution < 1.29 is 4.79 Å². The molecule has 1 rings (SSSR count). The Bertz CT molecular complexity index is 187. The van der Waals surface area contributed by atoms with Crippen LogP contribution in [0.2, 0.25) is 0 Å². The fourth-order valence-corrected chi connectivity index (χ4v) is 2.18. The van der Waals surface area contributed by atoms with Gasteiger partial charge in [0.2, 0.25) is 5.91 Å². The second kappa shape index (κ2) is 4.12. The van der Waals surface area contributed by atoms with Crippen molar-refractivity contribution in [3.63, 3.8) is 0 Å². The minimum atomic E-state index is 0.220. The van der Waals surface area contributed by atoms with E-state index in [1.165, 1.54) is 12.8 Å². The summed E-state index contributed by atoms with van der Waals surface area (Å²) in [4.78, 5) is 11.7. The molecular weight excluding hydrogens is 162 g/mol. The smallest absolute Gasteiger partial charge is 0.223 e. The van der Waals surface area contributed by atoms with E-state index in [1.54, 1.807) is 0 Å². The van der Waals surface area contributed by atoms with E-state index in [0.717, 1.165) is 19.4 Å². The third-order valence-electron chi connectivity index (χ3n) is 3.12. The van der Waals surface area contributed by atoms with Gasteiger partial charge >= 0.3 is 0 Å². The van der Waals surface area contributed by atoms with Gasteiger partial charge in [-0.25, -0.2) is 0 Å².